The molecule has 3 N–H and O–H groups in total. The van der Waals surface area contributed by atoms with Crippen LogP contribution < -0.4 is 14.8 Å². The summed E-state index contributed by atoms with van der Waals surface area (Å²) in [5.74, 6) is -4.47. The molecule has 0 aromatic heterocycles. The predicted octanol–water partition coefficient (Wildman–Crippen LogP) is 5.99. The van der Waals surface area contributed by atoms with Gasteiger partial charge in [-0.25, -0.2) is 4.39 Å². The Hall–Kier alpha value is -4.58. The Kier molecular flexibility index (Phi) is 7.82. The molecule has 38 heavy (non-hydrogen) atoms. The standard InChI is InChI=1S/C29H27FN2O6/c1-3-5-12-37-28-24(30)22-23(27(36)21-19(34)11-10-18(33)20(21)26(22)35)25(29(28)38-13-6-4-2)32-17-9-7-8-16(14-17)15-31/h7-11,14,32-34H,3-6,12-13H2,1-2H3. The lowest BCUT2D eigenvalue weighted by atomic mass is 9.81. The number of fused-ring (bicyclic) bond motifs is 2. The van der Waals surface area contributed by atoms with Gasteiger partial charge in [0, 0.05) is 5.69 Å². The van der Waals surface area contributed by atoms with E-state index in [0.717, 1.165) is 25.0 Å². The molecule has 0 fully saturated rings. The third-order valence-corrected chi connectivity index (χ3v) is 6.17. The smallest absolute Gasteiger partial charge is 0.201 e. The van der Waals surface area contributed by atoms with E-state index in [0.29, 0.717) is 24.1 Å². The second-order valence-electron chi connectivity index (χ2n) is 8.83. The number of nitrogens with one attached hydrogen (secondary N) is 1. The van der Waals surface area contributed by atoms with E-state index in [-0.39, 0.29) is 36.0 Å². The van der Waals surface area contributed by atoms with Crippen LogP contribution in [0.1, 0.15) is 76.9 Å². The number of anilines is 2. The van der Waals surface area contributed by atoms with Gasteiger partial charge in [0.2, 0.25) is 11.6 Å². The molecule has 0 unspecified atom stereocenters. The van der Waals surface area contributed by atoms with E-state index in [1.54, 1.807) is 18.2 Å². The van der Waals surface area contributed by atoms with Crippen LogP contribution in [-0.4, -0.2) is 35.0 Å². The summed E-state index contributed by atoms with van der Waals surface area (Å²) < 4.78 is 27.9. The van der Waals surface area contributed by atoms with Crippen LogP contribution in [0.25, 0.3) is 0 Å². The molecule has 9 heteroatoms. The zero-order chi connectivity index (χ0) is 27.4. The van der Waals surface area contributed by atoms with Crippen molar-refractivity contribution in [1.29, 1.82) is 5.26 Å². The molecule has 0 saturated heterocycles. The highest BCUT2D eigenvalue weighted by Gasteiger charge is 2.42. The Morgan fingerprint density at radius 3 is 2.03 bits per heavy atom. The van der Waals surface area contributed by atoms with E-state index in [1.165, 1.54) is 6.07 Å². The third-order valence-electron chi connectivity index (χ3n) is 6.17. The number of rotatable bonds is 10. The van der Waals surface area contributed by atoms with Crippen LogP contribution in [0.3, 0.4) is 0 Å². The van der Waals surface area contributed by atoms with Crippen molar-refractivity contribution in [1.82, 2.24) is 0 Å². The van der Waals surface area contributed by atoms with Crippen molar-refractivity contribution in [3.63, 3.8) is 0 Å². The van der Waals surface area contributed by atoms with Crippen LogP contribution in [0.2, 0.25) is 0 Å². The number of halogens is 1. The second kappa shape index (κ2) is 11.2. The number of ether oxygens (including phenoxy) is 2. The molecule has 1 aliphatic rings. The van der Waals surface area contributed by atoms with Crippen LogP contribution in [0, 0.1) is 17.1 Å². The van der Waals surface area contributed by atoms with Crippen LogP contribution in [0.15, 0.2) is 36.4 Å². The van der Waals surface area contributed by atoms with Crippen molar-refractivity contribution in [3.8, 4) is 29.1 Å². The number of hydrogen-bond donors (Lipinski definition) is 3. The Morgan fingerprint density at radius 2 is 1.45 bits per heavy atom. The average Bonchev–Trinajstić information content (AvgIpc) is 2.91. The maximum atomic E-state index is 16.1. The van der Waals surface area contributed by atoms with Gasteiger partial charge in [-0.15, -0.1) is 0 Å². The van der Waals surface area contributed by atoms with Gasteiger partial charge in [0.15, 0.2) is 17.3 Å². The summed E-state index contributed by atoms with van der Waals surface area (Å²) >= 11 is 0. The lowest BCUT2D eigenvalue weighted by Crippen LogP contribution is -2.25. The number of nitriles is 1. The third kappa shape index (κ3) is 4.73. The van der Waals surface area contributed by atoms with Gasteiger partial charge in [0.1, 0.15) is 11.5 Å². The number of hydrogen-bond acceptors (Lipinski definition) is 8. The predicted molar refractivity (Wildman–Crippen MR) is 138 cm³/mol. The van der Waals surface area contributed by atoms with Crippen LogP contribution >= 0.6 is 0 Å². The minimum Gasteiger partial charge on any atom is -0.507 e. The first-order valence-electron chi connectivity index (χ1n) is 12.4. The van der Waals surface area contributed by atoms with Gasteiger partial charge in [0.05, 0.1) is 52.8 Å². The Bertz CT molecular complexity index is 1460. The van der Waals surface area contributed by atoms with Crippen LogP contribution in [-0.2, 0) is 0 Å². The minimum atomic E-state index is -1.09. The summed E-state index contributed by atoms with van der Waals surface area (Å²) in [5, 5.41) is 33.2. The Morgan fingerprint density at radius 1 is 0.868 bits per heavy atom. The van der Waals surface area contributed by atoms with Gasteiger partial charge < -0.3 is 25.0 Å². The molecule has 1 aliphatic carbocycles. The molecule has 0 aliphatic heterocycles. The van der Waals surface area contributed by atoms with Gasteiger partial charge in [-0.05, 0) is 43.2 Å². The number of phenolic OH excluding ortho intramolecular Hbond substituents is 2. The normalized spacial score (nSPS) is 11.9. The second-order valence-corrected chi connectivity index (χ2v) is 8.83. The number of carbonyl (C=O) groups excluding carboxylic acids is 2. The van der Waals surface area contributed by atoms with Crippen molar-refractivity contribution in [2.45, 2.75) is 39.5 Å². The monoisotopic (exact) mass is 518 g/mol. The first-order chi connectivity index (χ1) is 18.3. The zero-order valence-electron chi connectivity index (χ0n) is 21.1. The van der Waals surface area contributed by atoms with Gasteiger partial charge in [-0.2, -0.15) is 5.26 Å². The number of ketones is 2. The summed E-state index contributed by atoms with van der Waals surface area (Å²) in [6.45, 7) is 4.20. The van der Waals surface area contributed by atoms with Crippen LogP contribution in [0.5, 0.6) is 23.0 Å². The number of unbranched alkanes of at least 4 members (excludes halogenated alkanes) is 2. The zero-order valence-corrected chi connectivity index (χ0v) is 21.1. The molecule has 0 heterocycles. The first kappa shape index (κ1) is 26.5. The number of nitrogens with zero attached hydrogens (tertiary/aromatic N) is 1. The maximum Gasteiger partial charge on any atom is 0.201 e. The fourth-order valence-corrected chi connectivity index (χ4v) is 4.24. The van der Waals surface area contributed by atoms with Gasteiger partial charge in [0.25, 0.3) is 0 Å². The number of phenols is 2. The van der Waals surface area contributed by atoms with Crippen molar-refractivity contribution < 1.29 is 33.7 Å². The first-order valence-corrected chi connectivity index (χ1v) is 12.4. The lowest BCUT2D eigenvalue weighted by Gasteiger charge is -2.27. The molecule has 0 spiro atoms. The fourth-order valence-electron chi connectivity index (χ4n) is 4.24. The molecule has 4 rings (SSSR count). The molecule has 0 radical (unpaired) electrons. The van der Waals surface area contributed by atoms with Crippen molar-refractivity contribution in [3.05, 3.63) is 70.0 Å². The van der Waals surface area contributed by atoms with Crippen molar-refractivity contribution in [2.24, 2.45) is 0 Å². The highest BCUT2D eigenvalue weighted by molar-refractivity contribution is 6.32. The molecular weight excluding hydrogens is 491 g/mol. The van der Waals surface area contributed by atoms with Gasteiger partial charge in [-0.3, -0.25) is 9.59 Å². The summed E-state index contributed by atoms with van der Waals surface area (Å²) in [6, 6.07) is 10.6. The Labute approximate surface area is 219 Å². The minimum absolute atomic E-state index is 0.0363. The maximum absolute atomic E-state index is 16.1. The number of aromatic hydroxyl groups is 2. The summed E-state index contributed by atoms with van der Waals surface area (Å²) in [6.07, 6.45) is 2.77. The molecule has 3 aromatic carbocycles. The summed E-state index contributed by atoms with van der Waals surface area (Å²) in [5.41, 5.74) is -1.22. The topological polar surface area (TPSA) is 129 Å². The largest absolute Gasteiger partial charge is 0.507 e. The quantitative estimate of drug-likeness (QED) is 0.173. The molecule has 8 nitrogen and oxygen atoms in total. The molecular formula is C29H27FN2O6. The van der Waals surface area contributed by atoms with Crippen molar-refractivity contribution >= 4 is 22.9 Å². The summed E-state index contributed by atoms with van der Waals surface area (Å²) in [4.78, 5) is 27.4. The molecule has 0 bridgehead atoms. The van der Waals surface area contributed by atoms with E-state index >= 15 is 4.39 Å². The summed E-state index contributed by atoms with van der Waals surface area (Å²) in [7, 11) is 0. The van der Waals surface area contributed by atoms with E-state index < -0.39 is 45.6 Å². The molecule has 3 aromatic rings. The van der Waals surface area contributed by atoms with E-state index in [1.807, 2.05) is 19.9 Å². The van der Waals surface area contributed by atoms with E-state index in [4.69, 9.17) is 9.47 Å². The average molecular weight is 519 g/mol. The Balaban J connectivity index is 2.03. The fraction of sp³-hybridized carbons (Fsp3) is 0.276. The lowest BCUT2D eigenvalue weighted by molar-refractivity contribution is 0.0969. The van der Waals surface area contributed by atoms with Gasteiger partial charge in [-0.1, -0.05) is 32.8 Å². The molecule has 0 saturated carbocycles. The highest BCUT2D eigenvalue weighted by Crippen LogP contribution is 2.49. The van der Waals surface area contributed by atoms with Crippen molar-refractivity contribution in [2.75, 3.05) is 18.5 Å². The number of carbonyl (C=O) groups is 2. The number of benzene rings is 3. The SMILES string of the molecule is CCCCOc1c(F)c2c(c(Nc3cccc(C#N)c3)c1OCCCC)C(=O)c1c(O)ccc(O)c1C2=O. The molecule has 196 valence electrons. The molecule has 0 amide bonds. The van der Waals surface area contributed by atoms with Gasteiger partial charge >= 0.3 is 0 Å². The molecule has 0 atom stereocenters. The van der Waals surface area contributed by atoms with E-state index in [9.17, 15) is 25.1 Å². The highest BCUT2D eigenvalue weighted by atomic mass is 19.1. The van der Waals surface area contributed by atoms with E-state index in [2.05, 4.69) is 5.32 Å². The van der Waals surface area contributed by atoms with Crippen LogP contribution in [0.4, 0.5) is 15.8 Å².